The summed E-state index contributed by atoms with van der Waals surface area (Å²) in [5.74, 6) is 1.05. The van der Waals surface area contributed by atoms with Crippen LogP contribution in [0.25, 0.3) is 0 Å². The summed E-state index contributed by atoms with van der Waals surface area (Å²) >= 11 is 0. The first-order chi connectivity index (χ1) is 9.38. The Bertz CT molecular complexity index is 529. The second kappa shape index (κ2) is 7.35. The Kier molecular flexibility index (Phi) is 6.09. The molecule has 1 aromatic carbocycles. The molecule has 0 amide bonds. The zero-order valence-corrected chi connectivity index (χ0v) is 13.1. The number of anilines is 1. The van der Waals surface area contributed by atoms with E-state index in [2.05, 4.69) is 10.0 Å². The first kappa shape index (κ1) is 16.6. The summed E-state index contributed by atoms with van der Waals surface area (Å²) in [6.45, 7) is 4.34. The van der Waals surface area contributed by atoms with Crippen LogP contribution in [-0.4, -0.2) is 41.0 Å². The normalized spacial score (nSPS) is 11.4. The Morgan fingerprint density at radius 3 is 2.35 bits per heavy atom. The first-order valence-electron chi connectivity index (χ1n) is 6.34. The molecule has 7 heteroatoms. The van der Waals surface area contributed by atoms with Crippen molar-refractivity contribution in [1.29, 1.82) is 0 Å². The molecule has 0 saturated carbocycles. The number of ether oxygens (including phenoxy) is 2. The molecule has 0 radical (unpaired) electrons. The third kappa shape index (κ3) is 5.26. The van der Waals surface area contributed by atoms with Crippen molar-refractivity contribution in [2.24, 2.45) is 0 Å². The summed E-state index contributed by atoms with van der Waals surface area (Å²) < 4.78 is 36.6. The van der Waals surface area contributed by atoms with Crippen LogP contribution in [0.15, 0.2) is 18.2 Å². The summed E-state index contributed by atoms with van der Waals surface area (Å²) in [5.41, 5.74) is 0.451. The lowest BCUT2D eigenvalue weighted by molar-refractivity contribution is 0.355. The third-order valence-corrected chi connectivity index (χ3v) is 3.87. The van der Waals surface area contributed by atoms with Gasteiger partial charge in [-0.05, 0) is 12.1 Å². The Morgan fingerprint density at radius 2 is 1.80 bits per heavy atom. The molecule has 0 atom stereocenters. The van der Waals surface area contributed by atoms with Crippen LogP contribution in [0, 0.1) is 0 Å². The minimum atomic E-state index is -3.38. The molecule has 20 heavy (non-hydrogen) atoms. The summed E-state index contributed by atoms with van der Waals surface area (Å²) in [4.78, 5) is 0. The predicted molar refractivity (Wildman–Crippen MR) is 80.1 cm³/mol. The molecule has 2 N–H and O–H groups in total. The molecule has 0 saturated heterocycles. The monoisotopic (exact) mass is 302 g/mol. The van der Waals surface area contributed by atoms with Crippen LogP contribution in [0.5, 0.6) is 11.5 Å². The van der Waals surface area contributed by atoms with E-state index in [0.29, 0.717) is 23.7 Å². The average Bonchev–Trinajstić information content (AvgIpc) is 2.37. The number of benzene rings is 1. The van der Waals surface area contributed by atoms with Gasteiger partial charge in [0.1, 0.15) is 0 Å². The zero-order valence-electron chi connectivity index (χ0n) is 12.3. The maximum atomic E-state index is 11.9. The van der Waals surface area contributed by atoms with Crippen molar-refractivity contribution in [2.45, 2.75) is 19.9 Å². The number of rotatable bonds is 8. The van der Waals surface area contributed by atoms with Gasteiger partial charge in [-0.1, -0.05) is 13.8 Å². The van der Waals surface area contributed by atoms with Gasteiger partial charge in [0.05, 0.1) is 25.7 Å². The Balaban J connectivity index is 2.72. The first-order valence-corrected chi connectivity index (χ1v) is 7.99. The lowest BCUT2D eigenvalue weighted by Crippen LogP contribution is -2.30. The van der Waals surface area contributed by atoms with Gasteiger partial charge in [-0.15, -0.1) is 0 Å². The van der Waals surface area contributed by atoms with Crippen LogP contribution in [0.4, 0.5) is 5.69 Å². The molecule has 0 heterocycles. The van der Waals surface area contributed by atoms with Crippen molar-refractivity contribution in [3.05, 3.63) is 18.2 Å². The molecular formula is C13H22N2O4S. The molecule has 0 aliphatic rings. The molecule has 0 fully saturated rings. The highest BCUT2D eigenvalue weighted by Crippen LogP contribution is 2.30. The van der Waals surface area contributed by atoms with Gasteiger partial charge in [-0.2, -0.15) is 0 Å². The van der Waals surface area contributed by atoms with E-state index in [1.54, 1.807) is 18.2 Å². The van der Waals surface area contributed by atoms with Crippen molar-refractivity contribution in [2.75, 3.05) is 31.2 Å². The van der Waals surface area contributed by atoms with E-state index < -0.39 is 10.0 Å². The van der Waals surface area contributed by atoms with Crippen LogP contribution in [0.2, 0.25) is 0 Å². The van der Waals surface area contributed by atoms with Gasteiger partial charge >= 0.3 is 0 Å². The second-order valence-electron chi connectivity index (χ2n) is 4.60. The van der Waals surface area contributed by atoms with Crippen molar-refractivity contribution < 1.29 is 17.9 Å². The molecule has 6 nitrogen and oxygen atoms in total. The molecular weight excluding hydrogens is 280 g/mol. The summed E-state index contributed by atoms with van der Waals surface area (Å²) in [7, 11) is -0.354. The molecule has 0 aromatic heterocycles. The van der Waals surface area contributed by atoms with E-state index in [1.165, 1.54) is 14.2 Å². The van der Waals surface area contributed by atoms with Crippen molar-refractivity contribution in [3.63, 3.8) is 0 Å². The van der Waals surface area contributed by atoms with E-state index >= 15 is 0 Å². The highest BCUT2D eigenvalue weighted by molar-refractivity contribution is 7.92. The molecule has 1 rings (SSSR count). The number of methoxy groups -OCH3 is 2. The smallest absolute Gasteiger partial charge is 0.233 e. The average molecular weight is 302 g/mol. The van der Waals surface area contributed by atoms with Gasteiger partial charge in [0.25, 0.3) is 0 Å². The maximum absolute atomic E-state index is 11.9. The van der Waals surface area contributed by atoms with Gasteiger partial charge in [0.15, 0.2) is 11.5 Å². The second-order valence-corrected chi connectivity index (χ2v) is 6.44. The highest BCUT2D eigenvalue weighted by Gasteiger charge is 2.12. The predicted octanol–water partition coefficient (Wildman–Crippen LogP) is 1.44. The van der Waals surface area contributed by atoms with E-state index in [0.717, 1.165) is 0 Å². The number of hydrogen-bond donors (Lipinski definition) is 2. The molecule has 0 unspecified atom stereocenters. The van der Waals surface area contributed by atoms with Crippen molar-refractivity contribution in [1.82, 2.24) is 5.32 Å². The molecule has 1 aromatic rings. The molecule has 114 valence electrons. The number of nitrogens with one attached hydrogen (secondary N) is 2. The largest absolute Gasteiger partial charge is 0.493 e. The van der Waals surface area contributed by atoms with Crippen LogP contribution in [0.3, 0.4) is 0 Å². The Hall–Kier alpha value is -1.47. The van der Waals surface area contributed by atoms with Crippen molar-refractivity contribution in [3.8, 4) is 11.5 Å². The van der Waals surface area contributed by atoms with Gasteiger partial charge in [0, 0.05) is 18.7 Å². The fraction of sp³-hybridized carbons (Fsp3) is 0.538. The van der Waals surface area contributed by atoms with Crippen LogP contribution >= 0.6 is 0 Å². The lowest BCUT2D eigenvalue weighted by atomic mass is 10.3. The zero-order chi connectivity index (χ0) is 15.2. The van der Waals surface area contributed by atoms with E-state index in [9.17, 15) is 8.42 Å². The molecule has 0 aliphatic carbocycles. The topological polar surface area (TPSA) is 76.7 Å². The Labute approximate surface area is 120 Å². The summed E-state index contributed by atoms with van der Waals surface area (Å²) in [6, 6.07) is 5.13. The fourth-order valence-electron chi connectivity index (χ4n) is 1.61. The maximum Gasteiger partial charge on any atom is 0.233 e. The van der Waals surface area contributed by atoms with Crippen LogP contribution in [-0.2, 0) is 10.0 Å². The highest BCUT2D eigenvalue weighted by atomic mass is 32.2. The van der Waals surface area contributed by atoms with E-state index in [-0.39, 0.29) is 11.8 Å². The van der Waals surface area contributed by atoms with E-state index in [4.69, 9.17) is 9.47 Å². The SMILES string of the molecule is COc1ccc(NS(=O)(=O)CCNC(C)C)cc1OC. The standard InChI is InChI=1S/C13H22N2O4S/c1-10(2)14-7-8-20(16,17)15-11-5-6-12(18-3)13(9-11)19-4/h5-6,9-10,14-15H,7-8H2,1-4H3. The van der Waals surface area contributed by atoms with Gasteiger partial charge in [-0.3, -0.25) is 4.72 Å². The van der Waals surface area contributed by atoms with Gasteiger partial charge < -0.3 is 14.8 Å². The van der Waals surface area contributed by atoms with Gasteiger partial charge in [0.2, 0.25) is 10.0 Å². The minimum Gasteiger partial charge on any atom is -0.493 e. The lowest BCUT2D eigenvalue weighted by Gasteiger charge is -2.12. The molecule has 0 aliphatic heterocycles. The summed E-state index contributed by atoms with van der Waals surface area (Å²) in [5, 5.41) is 3.06. The summed E-state index contributed by atoms with van der Waals surface area (Å²) in [6.07, 6.45) is 0. The quantitative estimate of drug-likeness (QED) is 0.760. The van der Waals surface area contributed by atoms with Crippen LogP contribution in [0.1, 0.15) is 13.8 Å². The fourth-order valence-corrected chi connectivity index (χ4v) is 2.59. The van der Waals surface area contributed by atoms with Crippen LogP contribution < -0.4 is 19.5 Å². The van der Waals surface area contributed by atoms with Gasteiger partial charge in [-0.25, -0.2) is 8.42 Å². The van der Waals surface area contributed by atoms with E-state index in [1.807, 2.05) is 13.8 Å². The Morgan fingerprint density at radius 1 is 1.15 bits per heavy atom. The number of sulfonamides is 1. The molecule has 0 spiro atoms. The molecule has 0 bridgehead atoms. The minimum absolute atomic E-state index is 0.0134. The number of hydrogen-bond acceptors (Lipinski definition) is 5. The third-order valence-electron chi connectivity index (χ3n) is 2.58. The van der Waals surface area contributed by atoms with Crippen molar-refractivity contribution >= 4 is 15.7 Å².